The lowest BCUT2D eigenvalue weighted by Crippen LogP contribution is -2.28. The van der Waals surface area contributed by atoms with Crippen LogP contribution in [0.4, 0.5) is 11.4 Å². The Kier molecular flexibility index (Phi) is 7.29. The minimum absolute atomic E-state index is 0.0284. The number of nitrogens with zero attached hydrogens (tertiary/aromatic N) is 4. The number of ketones is 4. The van der Waals surface area contributed by atoms with Gasteiger partial charge in [-0.1, -0.05) is 12.1 Å². The number of rotatable bonds is 2. The molecule has 0 saturated carbocycles. The summed E-state index contributed by atoms with van der Waals surface area (Å²) >= 11 is 6.08. The monoisotopic (exact) mass is 828 g/mol. The van der Waals surface area contributed by atoms with Crippen LogP contribution in [0.1, 0.15) is 101 Å². The molecule has 10 rings (SSSR count). The lowest BCUT2D eigenvalue weighted by molar-refractivity contribution is 0.0975. The van der Waals surface area contributed by atoms with Crippen molar-refractivity contribution in [1.82, 2.24) is 0 Å². The summed E-state index contributed by atoms with van der Waals surface area (Å²) in [6.45, 7) is 22.8. The van der Waals surface area contributed by atoms with Gasteiger partial charge < -0.3 is 9.47 Å². The van der Waals surface area contributed by atoms with Crippen LogP contribution in [-0.4, -0.2) is 23.1 Å². The smallest absolute Gasteiger partial charge is 0.199 e. The molecule has 4 aliphatic rings. The van der Waals surface area contributed by atoms with E-state index in [1.54, 1.807) is 28.7 Å². The number of hydrogen-bond acceptors (Lipinski definition) is 12. The molecular weight excluding hydrogens is 809 g/mol. The lowest BCUT2D eigenvalue weighted by Gasteiger charge is -2.31. The van der Waals surface area contributed by atoms with Crippen molar-refractivity contribution in [1.29, 1.82) is 10.5 Å². The van der Waals surface area contributed by atoms with Crippen molar-refractivity contribution in [3.63, 3.8) is 0 Å². The molecular formula is C44H20N4O6S4. The number of benzene rings is 2. The second-order valence-corrected chi connectivity index (χ2v) is 19.1. The molecule has 0 atom stereocenters. The van der Waals surface area contributed by atoms with Crippen LogP contribution in [0.5, 0.6) is 11.5 Å². The summed E-state index contributed by atoms with van der Waals surface area (Å²) in [4.78, 5) is 65.6. The van der Waals surface area contributed by atoms with Gasteiger partial charge in [-0.25, -0.2) is 0 Å². The van der Waals surface area contributed by atoms with E-state index in [1.165, 1.54) is 53.0 Å². The number of carbonyl (C=O) groups is 4. The van der Waals surface area contributed by atoms with Gasteiger partial charge in [0.2, 0.25) is 0 Å². The molecule has 0 fully saturated rings. The third-order valence-corrected chi connectivity index (χ3v) is 15.6. The average molecular weight is 829 g/mol. The predicted molar refractivity (Wildman–Crippen MR) is 222 cm³/mol. The molecule has 0 saturated heterocycles. The minimum Gasteiger partial charge on any atom is -0.481 e. The predicted octanol–water partition coefficient (Wildman–Crippen LogP) is 11.4. The zero-order valence-corrected chi connectivity index (χ0v) is 33.8. The second-order valence-electron chi connectivity index (χ2n) is 14.9. The number of nitriles is 2. The Balaban J connectivity index is 1.05. The maximum absolute atomic E-state index is 13.5. The SMILES string of the molecule is [C-]#[N+]c1cc2c(cc1[N+]#[C-])C(=O)C(=Cc1cc3c(s1)-c1sc4c5c(sc4c1C(C)(C)O3)-c1sc(/C=C3\C(=O)c4ccc(C#N)c(C#N)c4C3=O)cc1OC5(C)C)C2=O. The maximum atomic E-state index is 13.5. The Bertz CT molecular complexity index is 3260. The number of ether oxygens (including phenoxy) is 2. The van der Waals surface area contributed by atoms with Gasteiger partial charge in [-0.2, -0.15) is 10.5 Å². The van der Waals surface area contributed by atoms with Gasteiger partial charge in [0, 0.05) is 37.6 Å². The van der Waals surface area contributed by atoms with Gasteiger partial charge in [0.15, 0.2) is 34.5 Å². The molecule has 2 aliphatic carbocycles. The Labute approximate surface area is 345 Å². The van der Waals surface area contributed by atoms with Crippen LogP contribution >= 0.6 is 45.3 Å². The van der Waals surface area contributed by atoms with Crippen LogP contribution in [0.3, 0.4) is 0 Å². The largest absolute Gasteiger partial charge is 0.481 e. The standard InChI is InChI=1S/C44H20N4O6S4/c1-43(2)31-39(37-28(53-43)11-18(55-37)9-23-34(50)21-13-26(47-5)27(48-6)14-22(21)35(23)51)57-42-32-40(58-41(31)42)38-29(54-44(32,3)4)12-19(56-38)10-24-33(49)20-8-7-17(15-45)25(16-46)30(20)36(24)52/h7-14H,1-4H3/b24-10+. The number of carbonyl (C=O) groups excluding carboxylic acids is 4. The average Bonchev–Trinajstić information content (AvgIpc) is 4.02. The first-order valence-corrected chi connectivity index (χ1v) is 20.7. The third kappa shape index (κ3) is 4.69. The van der Waals surface area contributed by atoms with E-state index in [0.29, 0.717) is 21.3 Å². The summed E-state index contributed by atoms with van der Waals surface area (Å²) in [5.74, 6) is -0.793. The number of hydrogen-bond donors (Lipinski definition) is 0. The van der Waals surface area contributed by atoms with Crippen molar-refractivity contribution in [3.05, 3.63) is 125 Å². The summed E-state index contributed by atoms with van der Waals surface area (Å²) in [6, 6.07) is 13.0. The number of Topliss-reactive ketones (excluding diaryl/α,β-unsaturated/α-hetero) is 4. The van der Waals surface area contributed by atoms with Crippen LogP contribution in [0, 0.1) is 35.8 Å². The van der Waals surface area contributed by atoms with Crippen LogP contribution in [0.2, 0.25) is 0 Å². The highest BCUT2D eigenvalue weighted by atomic mass is 32.1. The Morgan fingerprint density at radius 2 is 1.09 bits per heavy atom. The van der Waals surface area contributed by atoms with E-state index in [9.17, 15) is 29.7 Å². The van der Waals surface area contributed by atoms with E-state index in [2.05, 4.69) is 9.69 Å². The highest BCUT2D eigenvalue weighted by Crippen LogP contribution is 2.63. The summed E-state index contributed by atoms with van der Waals surface area (Å²) in [7, 11) is 0. The van der Waals surface area contributed by atoms with E-state index in [1.807, 2.05) is 52.0 Å². The molecule has 14 heteroatoms. The number of allylic oxidation sites excluding steroid dienone is 2. The van der Waals surface area contributed by atoms with Crippen LogP contribution in [-0.2, 0) is 11.2 Å². The zero-order chi connectivity index (χ0) is 40.7. The fourth-order valence-electron chi connectivity index (χ4n) is 8.09. The van der Waals surface area contributed by atoms with Crippen molar-refractivity contribution in [2.24, 2.45) is 0 Å². The van der Waals surface area contributed by atoms with E-state index in [-0.39, 0.29) is 55.9 Å². The molecule has 0 bridgehead atoms. The van der Waals surface area contributed by atoms with Crippen molar-refractivity contribution < 1.29 is 28.7 Å². The molecule has 4 aromatic heterocycles. The van der Waals surface area contributed by atoms with Crippen molar-refractivity contribution >= 4 is 101 Å². The summed E-state index contributed by atoms with van der Waals surface area (Å²) in [6.07, 6.45) is 3.10. The molecule has 0 spiro atoms. The van der Waals surface area contributed by atoms with E-state index < -0.39 is 34.3 Å². The van der Waals surface area contributed by atoms with Crippen molar-refractivity contribution in [2.45, 2.75) is 38.9 Å². The van der Waals surface area contributed by atoms with Crippen LogP contribution in [0.25, 0.3) is 50.8 Å². The van der Waals surface area contributed by atoms with Gasteiger partial charge in [-0.15, -0.1) is 45.3 Å². The van der Waals surface area contributed by atoms with Gasteiger partial charge in [0.1, 0.15) is 34.8 Å². The fraction of sp³-hybridized carbons (Fsp3) is 0.136. The van der Waals surface area contributed by atoms with E-state index >= 15 is 0 Å². The summed E-state index contributed by atoms with van der Waals surface area (Å²) in [5.41, 5.74) is 0.719. The zero-order valence-electron chi connectivity index (χ0n) is 30.5. The second kappa shape index (κ2) is 11.9. The molecule has 6 heterocycles. The summed E-state index contributed by atoms with van der Waals surface area (Å²) < 4.78 is 15.4. The van der Waals surface area contributed by atoms with Crippen molar-refractivity contribution in [3.8, 4) is 43.1 Å². The topological polar surface area (TPSA) is 143 Å². The van der Waals surface area contributed by atoms with Crippen LogP contribution < -0.4 is 9.47 Å². The van der Waals surface area contributed by atoms with Crippen LogP contribution in [0.15, 0.2) is 47.5 Å². The lowest BCUT2D eigenvalue weighted by atomic mass is 9.92. The molecule has 0 radical (unpaired) electrons. The molecule has 0 N–H and O–H groups in total. The molecule has 6 aromatic rings. The first-order chi connectivity index (χ1) is 27.7. The first-order valence-electron chi connectivity index (χ1n) is 17.5. The molecule has 2 aliphatic heterocycles. The highest BCUT2D eigenvalue weighted by molar-refractivity contribution is 7.34. The Morgan fingerprint density at radius 1 is 0.621 bits per heavy atom. The van der Waals surface area contributed by atoms with Gasteiger partial charge in [0.25, 0.3) is 0 Å². The Hall–Kier alpha value is -6.78. The van der Waals surface area contributed by atoms with E-state index in [0.717, 1.165) is 40.0 Å². The molecule has 58 heavy (non-hydrogen) atoms. The van der Waals surface area contributed by atoms with Crippen molar-refractivity contribution in [2.75, 3.05) is 0 Å². The van der Waals surface area contributed by atoms with Gasteiger partial charge >= 0.3 is 0 Å². The molecule has 10 nitrogen and oxygen atoms in total. The molecule has 2 aromatic carbocycles. The maximum Gasteiger partial charge on any atom is 0.199 e. The normalized spacial score (nSPS) is 16.9. The van der Waals surface area contributed by atoms with E-state index in [4.69, 9.17) is 22.6 Å². The van der Waals surface area contributed by atoms with Gasteiger partial charge in [-0.05, 0) is 64.1 Å². The number of fused-ring (bicyclic) bond motifs is 11. The first kappa shape index (κ1) is 35.6. The summed E-state index contributed by atoms with van der Waals surface area (Å²) in [5, 5.41) is 19.2. The highest BCUT2D eigenvalue weighted by Gasteiger charge is 2.45. The van der Waals surface area contributed by atoms with Gasteiger partial charge in [0.05, 0.1) is 69.9 Å². The van der Waals surface area contributed by atoms with Gasteiger partial charge in [-0.3, -0.25) is 28.9 Å². The third-order valence-electron chi connectivity index (χ3n) is 10.6. The Morgan fingerprint density at radius 3 is 1.53 bits per heavy atom. The quantitative estimate of drug-likeness (QED) is 0.0953. The molecule has 276 valence electrons. The fourth-order valence-corrected chi connectivity index (χ4v) is 13.9. The molecule has 0 unspecified atom stereocenters. The number of thiophene rings is 4. The molecule has 0 amide bonds. The minimum atomic E-state index is -0.762.